The first-order chi connectivity index (χ1) is 8.91. The second kappa shape index (κ2) is 6.84. The lowest BCUT2D eigenvalue weighted by Gasteiger charge is -2.13. The summed E-state index contributed by atoms with van der Waals surface area (Å²) in [6, 6.07) is 6.16. The third-order valence-corrected chi connectivity index (χ3v) is 2.87. The van der Waals surface area contributed by atoms with Crippen LogP contribution in [0.3, 0.4) is 0 Å². The zero-order valence-electron chi connectivity index (χ0n) is 11.1. The Morgan fingerprint density at radius 3 is 2.74 bits per heavy atom. The lowest BCUT2D eigenvalue weighted by molar-refractivity contribution is -0.384. The Kier molecular flexibility index (Phi) is 5.44. The molecule has 0 saturated carbocycles. The van der Waals surface area contributed by atoms with E-state index in [9.17, 15) is 14.9 Å². The summed E-state index contributed by atoms with van der Waals surface area (Å²) in [5.41, 5.74) is 6.22. The van der Waals surface area contributed by atoms with Gasteiger partial charge in [-0.3, -0.25) is 14.9 Å². The van der Waals surface area contributed by atoms with Crippen molar-refractivity contribution in [2.24, 2.45) is 5.73 Å². The number of benzene rings is 1. The van der Waals surface area contributed by atoms with Gasteiger partial charge >= 0.3 is 0 Å². The van der Waals surface area contributed by atoms with E-state index in [4.69, 9.17) is 5.73 Å². The molecule has 0 aliphatic carbocycles. The van der Waals surface area contributed by atoms with Crippen molar-refractivity contribution < 1.29 is 9.72 Å². The molecule has 6 nitrogen and oxygen atoms in total. The highest BCUT2D eigenvalue weighted by molar-refractivity contribution is 5.83. The van der Waals surface area contributed by atoms with Crippen molar-refractivity contribution in [1.29, 1.82) is 0 Å². The fourth-order valence-corrected chi connectivity index (χ4v) is 1.64. The minimum absolute atomic E-state index is 0.00673. The Bertz CT molecular complexity index is 460. The van der Waals surface area contributed by atoms with Crippen LogP contribution in [0, 0.1) is 10.1 Å². The topological polar surface area (TPSA) is 98.3 Å². The van der Waals surface area contributed by atoms with Crippen molar-refractivity contribution in [2.45, 2.75) is 32.2 Å². The maximum absolute atomic E-state index is 11.9. The summed E-state index contributed by atoms with van der Waals surface area (Å²) in [7, 11) is 0. The van der Waals surface area contributed by atoms with E-state index in [0.29, 0.717) is 18.5 Å². The molecule has 1 aromatic carbocycles. The average molecular weight is 265 g/mol. The molecular weight excluding hydrogens is 246 g/mol. The van der Waals surface area contributed by atoms with Gasteiger partial charge in [-0.15, -0.1) is 0 Å². The number of hydrogen-bond acceptors (Lipinski definition) is 4. The highest BCUT2D eigenvalue weighted by Gasteiger charge is 2.17. The summed E-state index contributed by atoms with van der Waals surface area (Å²) in [4.78, 5) is 22.1. The van der Waals surface area contributed by atoms with E-state index < -0.39 is 10.8 Å². The SMILES string of the molecule is CC(N)CCNC(=O)C(C)c1cccc([N+](=O)[O-])c1. The van der Waals surface area contributed by atoms with Crippen LogP contribution < -0.4 is 11.1 Å². The molecule has 0 bridgehead atoms. The summed E-state index contributed by atoms with van der Waals surface area (Å²) in [5, 5.41) is 13.5. The average Bonchev–Trinajstić information content (AvgIpc) is 2.37. The van der Waals surface area contributed by atoms with Crippen LogP contribution in [0.2, 0.25) is 0 Å². The van der Waals surface area contributed by atoms with Crippen LogP contribution in [0.4, 0.5) is 5.69 Å². The van der Waals surface area contributed by atoms with E-state index in [1.807, 2.05) is 6.92 Å². The van der Waals surface area contributed by atoms with Crippen molar-refractivity contribution in [3.05, 3.63) is 39.9 Å². The Morgan fingerprint density at radius 1 is 1.47 bits per heavy atom. The number of nitro groups is 1. The Labute approximate surface area is 112 Å². The Hall–Kier alpha value is -1.95. The van der Waals surface area contributed by atoms with Crippen LogP contribution in [0.15, 0.2) is 24.3 Å². The largest absolute Gasteiger partial charge is 0.356 e. The minimum atomic E-state index is -0.468. The number of nitrogens with zero attached hydrogens (tertiary/aromatic N) is 1. The van der Waals surface area contributed by atoms with Crippen LogP contribution >= 0.6 is 0 Å². The van der Waals surface area contributed by atoms with Gasteiger partial charge in [-0.1, -0.05) is 12.1 Å². The molecule has 0 spiro atoms. The van der Waals surface area contributed by atoms with Crippen molar-refractivity contribution in [3.8, 4) is 0 Å². The second-order valence-corrected chi connectivity index (χ2v) is 4.63. The minimum Gasteiger partial charge on any atom is -0.356 e. The van der Waals surface area contributed by atoms with Crippen LogP contribution in [0.5, 0.6) is 0 Å². The van der Waals surface area contributed by atoms with E-state index in [1.54, 1.807) is 19.1 Å². The number of nitro benzene ring substituents is 1. The molecular formula is C13H19N3O3. The van der Waals surface area contributed by atoms with E-state index >= 15 is 0 Å². The van der Waals surface area contributed by atoms with Crippen LogP contribution in [-0.2, 0) is 4.79 Å². The summed E-state index contributed by atoms with van der Waals surface area (Å²) >= 11 is 0. The number of non-ortho nitro benzene ring substituents is 1. The lowest BCUT2D eigenvalue weighted by atomic mass is 10.00. The maximum Gasteiger partial charge on any atom is 0.269 e. The van der Waals surface area contributed by atoms with Crippen molar-refractivity contribution in [2.75, 3.05) is 6.54 Å². The van der Waals surface area contributed by atoms with Gasteiger partial charge < -0.3 is 11.1 Å². The highest BCUT2D eigenvalue weighted by atomic mass is 16.6. The highest BCUT2D eigenvalue weighted by Crippen LogP contribution is 2.20. The third kappa shape index (κ3) is 4.67. The Morgan fingerprint density at radius 2 is 2.16 bits per heavy atom. The number of rotatable bonds is 6. The van der Waals surface area contributed by atoms with Gasteiger partial charge in [0.1, 0.15) is 0 Å². The monoisotopic (exact) mass is 265 g/mol. The van der Waals surface area contributed by atoms with Crippen LogP contribution in [0.25, 0.3) is 0 Å². The molecule has 1 rings (SSSR count). The smallest absolute Gasteiger partial charge is 0.269 e. The van der Waals surface area contributed by atoms with E-state index in [0.717, 1.165) is 0 Å². The standard InChI is InChI=1S/C13H19N3O3/c1-9(14)6-7-15-13(17)10(2)11-4-3-5-12(8-11)16(18)19/h3-5,8-10H,6-7,14H2,1-2H3,(H,15,17). The summed E-state index contributed by atoms with van der Waals surface area (Å²) < 4.78 is 0. The molecule has 1 amide bonds. The lowest BCUT2D eigenvalue weighted by Crippen LogP contribution is -2.31. The number of hydrogen-bond donors (Lipinski definition) is 2. The predicted molar refractivity (Wildman–Crippen MR) is 72.8 cm³/mol. The number of carbonyl (C=O) groups excluding carboxylic acids is 1. The molecule has 2 unspecified atom stereocenters. The third-order valence-electron chi connectivity index (χ3n) is 2.87. The van der Waals surface area contributed by atoms with Gasteiger partial charge in [-0.25, -0.2) is 0 Å². The molecule has 3 N–H and O–H groups in total. The van der Waals surface area contributed by atoms with Gasteiger partial charge in [-0.05, 0) is 25.8 Å². The maximum atomic E-state index is 11.9. The summed E-state index contributed by atoms with van der Waals surface area (Å²) in [6.45, 7) is 4.10. The predicted octanol–water partition coefficient (Wildman–Crippen LogP) is 1.55. The fourth-order valence-electron chi connectivity index (χ4n) is 1.64. The molecule has 0 fully saturated rings. The number of nitrogens with two attached hydrogens (primary N) is 1. The van der Waals surface area contributed by atoms with Gasteiger partial charge in [0.25, 0.3) is 5.69 Å². The molecule has 6 heteroatoms. The van der Waals surface area contributed by atoms with Crippen molar-refractivity contribution in [3.63, 3.8) is 0 Å². The van der Waals surface area contributed by atoms with E-state index in [1.165, 1.54) is 12.1 Å². The molecule has 0 aliphatic heterocycles. The number of nitrogens with one attached hydrogen (secondary N) is 1. The molecule has 0 radical (unpaired) electrons. The molecule has 0 aromatic heterocycles. The van der Waals surface area contributed by atoms with E-state index in [-0.39, 0.29) is 17.6 Å². The molecule has 0 heterocycles. The normalized spacial score (nSPS) is 13.6. The van der Waals surface area contributed by atoms with Gasteiger partial charge in [0, 0.05) is 24.7 Å². The summed E-state index contributed by atoms with van der Waals surface area (Å²) in [6.07, 6.45) is 0.702. The first-order valence-corrected chi connectivity index (χ1v) is 6.19. The van der Waals surface area contributed by atoms with Crippen molar-refractivity contribution >= 4 is 11.6 Å². The van der Waals surface area contributed by atoms with Crippen LogP contribution in [0.1, 0.15) is 31.7 Å². The molecule has 0 aliphatic rings. The van der Waals surface area contributed by atoms with Gasteiger partial charge in [0.05, 0.1) is 10.8 Å². The molecule has 2 atom stereocenters. The molecule has 1 aromatic rings. The van der Waals surface area contributed by atoms with Gasteiger partial charge in [0.15, 0.2) is 0 Å². The molecule has 104 valence electrons. The first kappa shape index (κ1) is 15.1. The first-order valence-electron chi connectivity index (χ1n) is 6.19. The second-order valence-electron chi connectivity index (χ2n) is 4.63. The van der Waals surface area contributed by atoms with Crippen LogP contribution in [-0.4, -0.2) is 23.4 Å². The van der Waals surface area contributed by atoms with Gasteiger partial charge in [-0.2, -0.15) is 0 Å². The zero-order valence-corrected chi connectivity index (χ0v) is 11.1. The molecule has 19 heavy (non-hydrogen) atoms. The zero-order chi connectivity index (χ0) is 14.4. The number of carbonyl (C=O) groups is 1. The van der Waals surface area contributed by atoms with Gasteiger partial charge in [0.2, 0.25) is 5.91 Å². The Balaban J connectivity index is 2.66. The van der Waals surface area contributed by atoms with Crippen molar-refractivity contribution in [1.82, 2.24) is 5.32 Å². The quantitative estimate of drug-likeness (QED) is 0.602. The molecule has 0 saturated heterocycles. The number of amides is 1. The fraction of sp³-hybridized carbons (Fsp3) is 0.462. The summed E-state index contributed by atoms with van der Waals surface area (Å²) in [5.74, 6) is -0.575. The van der Waals surface area contributed by atoms with E-state index in [2.05, 4.69) is 5.32 Å².